The lowest BCUT2D eigenvalue weighted by Crippen LogP contribution is -2.46. The summed E-state index contributed by atoms with van der Waals surface area (Å²) in [6.07, 6.45) is 1.67. The number of pyridine rings is 1. The number of aryl methyl sites for hydroxylation is 1. The topological polar surface area (TPSA) is 48.5 Å². The summed E-state index contributed by atoms with van der Waals surface area (Å²) in [7, 11) is 0. The molecule has 5 nitrogen and oxygen atoms in total. The number of aromatic nitrogens is 1. The number of nitrogens with zero attached hydrogens (tertiary/aromatic N) is 3. The molecule has 0 aliphatic carbocycles. The Morgan fingerprint density at radius 1 is 0.897 bits per heavy atom. The van der Waals surface area contributed by atoms with Crippen molar-refractivity contribution in [3.63, 3.8) is 0 Å². The maximum absolute atomic E-state index is 12.4. The van der Waals surface area contributed by atoms with E-state index in [9.17, 15) is 4.79 Å². The lowest BCUT2D eigenvalue weighted by molar-refractivity contribution is 0.0950. The first kappa shape index (κ1) is 19.0. The van der Waals surface area contributed by atoms with E-state index in [1.54, 1.807) is 6.20 Å². The summed E-state index contributed by atoms with van der Waals surface area (Å²) in [5.74, 6) is 0.825. The van der Waals surface area contributed by atoms with Crippen LogP contribution in [0.5, 0.6) is 0 Å². The molecule has 1 aromatic heterocycles. The molecule has 1 aliphatic rings. The third-order valence-corrected chi connectivity index (χ3v) is 5.31. The summed E-state index contributed by atoms with van der Waals surface area (Å²) in [6.45, 7) is 6.33. The van der Waals surface area contributed by atoms with Gasteiger partial charge in [-0.05, 0) is 36.8 Å². The zero-order valence-electron chi connectivity index (χ0n) is 16.7. The van der Waals surface area contributed by atoms with E-state index in [1.807, 2.05) is 30.3 Å². The molecule has 2 heterocycles. The second-order valence-electron chi connectivity index (χ2n) is 7.38. The minimum absolute atomic E-state index is 0.0986. The Hall–Kier alpha value is -3.34. The highest BCUT2D eigenvalue weighted by molar-refractivity contribution is 5.94. The van der Waals surface area contributed by atoms with Crippen LogP contribution in [0, 0.1) is 6.92 Å². The largest absolute Gasteiger partial charge is 0.368 e. The highest BCUT2D eigenvalue weighted by Gasteiger charge is 2.18. The predicted octanol–water partition coefficient (Wildman–Crippen LogP) is 3.65. The van der Waals surface area contributed by atoms with Crippen LogP contribution in [0.1, 0.15) is 21.5 Å². The second-order valence-corrected chi connectivity index (χ2v) is 7.38. The molecule has 1 aliphatic heterocycles. The van der Waals surface area contributed by atoms with Crippen LogP contribution in [0.3, 0.4) is 0 Å². The van der Waals surface area contributed by atoms with E-state index in [4.69, 9.17) is 0 Å². The van der Waals surface area contributed by atoms with Crippen molar-refractivity contribution in [3.8, 4) is 0 Å². The number of carbonyl (C=O) groups is 1. The van der Waals surface area contributed by atoms with Gasteiger partial charge in [0.1, 0.15) is 5.82 Å². The number of hydrogen-bond donors (Lipinski definition) is 1. The van der Waals surface area contributed by atoms with Crippen LogP contribution in [0.2, 0.25) is 0 Å². The highest BCUT2D eigenvalue weighted by Crippen LogP contribution is 2.19. The van der Waals surface area contributed by atoms with Gasteiger partial charge in [0.25, 0.3) is 5.91 Å². The van der Waals surface area contributed by atoms with Gasteiger partial charge in [0, 0.05) is 44.6 Å². The Kier molecular flexibility index (Phi) is 5.75. The normalized spacial score (nSPS) is 14.0. The van der Waals surface area contributed by atoms with Crippen LogP contribution in [0.15, 0.2) is 72.9 Å². The summed E-state index contributed by atoms with van der Waals surface area (Å²) in [4.78, 5) is 21.6. The smallest absolute Gasteiger partial charge is 0.253 e. The molecule has 0 radical (unpaired) electrons. The summed E-state index contributed by atoms with van der Waals surface area (Å²) in [5.41, 5.74) is 4.15. The van der Waals surface area contributed by atoms with E-state index >= 15 is 0 Å². The summed E-state index contributed by atoms with van der Waals surface area (Å²) in [5, 5.41) is 2.96. The maximum Gasteiger partial charge on any atom is 0.253 e. The minimum atomic E-state index is -0.0986. The molecule has 5 heteroatoms. The highest BCUT2D eigenvalue weighted by atomic mass is 16.1. The fourth-order valence-corrected chi connectivity index (χ4v) is 3.53. The molecule has 0 atom stereocenters. The van der Waals surface area contributed by atoms with E-state index in [-0.39, 0.29) is 5.91 Å². The van der Waals surface area contributed by atoms with Gasteiger partial charge in [-0.25, -0.2) is 4.98 Å². The van der Waals surface area contributed by atoms with Crippen molar-refractivity contribution in [1.29, 1.82) is 0 Å². The van der Waals surface area contributed by atoms with Gasteiger partial charge in [-0.3, -0.25) is 4.79 Å². The number of anilines is 2. The quantitative estimate of drug-likeness (QED) is 0.727. The maximum atomic E-state index is 12.4. The summed E-state index contributed by atoms with van der Waals surface area (Å²) >= 11 is 0. The van der Waals surface area contributed by atoms with E-state index in [2.05, 4.69) is 63.4 Å². The van der Waals surface area contributed by atoms with Crippen molar-refractivity contribution in [2.45, 2.75) is 13.5 Å². The van der Waals surface area contributed by atoms with Crippen LogP contribution in [0.4, 0.5) is 11.5 Å². The van der Waals surface area contributed by atoms with Crippen LogP contribution in [-0.2, 0) is 6.54 Å². The van der Waals surface area contributed by atoms with Crippen LogP contribution in [0.25, 0.3) is 0 Å². The van der Waals surface area contributed by atoms with E-state index in [1.165, 1.54) is 11.3 Å². The van der Waals surface area contributed by atoms with Gasteiger partial charge < -0.3 is 15.1 Å². The fourth-order valence-electron chi connectivity index (χ4n) is 3.53. The Morgan fingerprint density at radius 3 is 2.24 bits per heavy atom. The lowest BCUT2D eigenvalue weighted by atomic mass is 10.1. The molecule has 148 valence electrons. The average molecular weight is 386 g/mol. The van der Waals surface area contributed by atoms with Crippen molar-refractivity contribution in [2.24, 2.45) is 0 Å². The van der Waals surface area contributed by atoms with Crippen LogP contribution >= 0.6 is 0 Å². The molecule has 1 fully saturated rings. The standard InChI is InChI=1S/C24H26N4O/c1-19-7-9-20(10-8-19)17-26-24(29)21-11-12-23(25-18-21)28-15-13-27(14-16-28)22-5-3-2-4-6-22/h2-12,18H,13-17H2,1H3,(H,26,29). The van der Waals surface area contributed by atoms with E-state index < -0.39 is 0 Å². The first-order chi connectivity index (χ1) is 14.2. The first-order valence-corrected chi connectivity index (χ1v) is 10.0. The molecule has 0 bridgehead atoms. The van der Waals surface area contributed by atoms with Crippen molar-refractivity contribution in [2.75, 3.05) is 36.0 Å². The number of rotatable bonds is 5. The van der Waals surface area contributed by atoms with Crippen LogP contribution in [-0.4, -0.2) is 37.1 Å². The van der Waals surface area contributed by atoms with Gasteiger partial charge in [-0.2, -0.15) is 0 Å². The third-order valence-electron chi connectivity index (χ3n) is 5.31. The SMILES string of the molecule is Cc1ccc(CNC(=O)c2ccc(N3CCN(c4ccccc4)CC3)nc2)cc1. The molecule has 3 aromatic rings. The molecule has 0 unspecified atom stereocenters. The third kappa shape index (κ3) is 4.74. The number of amides is 1. The van der Waals surface area contributed by atoms with E-state index in [0.717, 1.165) is 37.6 Å². The second kappa shape index (κ2) is 8.78. The molecule has 29 heavy (non-hydrogen) atoms. The molecule has 0 saturated carbocycles. The van der Waals surface area contributed by atoms with Gasteiger partial charge in [-0.15, -0.1) is 0 Å². The first-order valence-electron chi connectivity index (χ1n) is 10.0. The Labute approximate surface area is 172 Å². The molecular formula is C24H26N4O. The lowest BCUT2D eigenvalue weighted by Gasteiger charge is -2.36. The Bertz CT molecular complexity index is 931. The van der Waals surface area contributed by atoms with Gasteiger partial charge >= 0.3 is 0 Å². The Balaban J connectivity index is 1.31. The number of hydrogen-bond acceptors (Lipinski definition) is 4. The molecule has 1 amide bonds. The minimum Gasteiger partial charge on any atom is -0.368 e. The van der Waals surface area contributed by atoms with Crippen molar-refractivity contribution >= 4 is 17.4 Å². The number of benzene rings is 2. The van der Waals surface area contributed by atoms with Crippen molar-refractivity contribution < 1.29 is 4.79 Å². The molecular weight excluding hydrogens is 360 g/mol. The van der Waals surface area contributed by atoms with Gasteiger partial charge in [-0.1, -0.05) is 48.0 Å². The predicted molar refractivity (Wildman–Crippen MR) is 117 cm³/mol. The number of carbonyl (C=O) groups excluding carboxylic acids is 1. The number of nitrogens with one attached hydrogen (secondary N) is 1. The molecule has 0 spiro atoms. The number of piperazine rings is 1. The molecule has 2 aromatic carbocycles. The molecule has 1 N–H and O–H groups in total. The molecule has 4 rings (SSSR count). The van der Waals surface area contributed by atoms with Gasteiger partial charge in [0.15, 0.2) is 0 Å². The Morgan fingerprint density at radius 2 is 1.59 bits per heavy atom. The van der Waals surface area contributed by atoms with Gasteiger partial charge in [0.2, 0.25) is 0 Å². The van der Waals surface area contributed by atoms with Crippen molar-refractivity contribution in [3.05, 3.63) is 89.6 Å². The van der Waals surface area contributed by atoms with E-state index in [0.29, 0.717) is 12.1 Å². The average Bonchev–Trinajstić information content (AvgIpc) is 2.79. The van der Waals surface area contributed by atoms with Crippen LogP contribution < -0.4 is 15.1 Å². The zero-order valence-corrected chi connectivity index (χ0v) is 16.7. The zero-order chi connectivity index (χ0) is 20.1. The fraction of sp³-hybridized carbons (Fsp3) is 0.250. The van der Waals surface area contributed by atoms with Gasteiger partial charge in [0.05, 0.1) is 5.56 Å². The summed E-state index contributed by atoms with van der Waals surface area (Å²) < 4.78 is 0. The molecule has 1 saturated heterocycles. The monoisotopic (exact) mass is 386 g/mol. The summed E-state index contributed by atoms with van der Waals surface area (Å²) in [6, 6.07) is 22.5. The van der Waals surface area contributed by atoms with Crippen molar-refractivity contribution in [1.82, 2.24) is 10.3 Å². The number of para-hydroxylation sites is 1.